The number of thioether (sulfide) groups is 1. The van der Waals surface area contributed by atoms with E-state index in [-0.39, 0.29) is 11.8 Å². The highest BCUT2D eigenvalue weighted by Gasteiger charge is 2.19. The van der Waals surface area contributed by atoms with Crippen molar-refractivity contribution in [2.24, 2.45) is 0 Å². The molecule has 2 amide bonds. The molecule has 1 aliphatic heterocycles. The summed E-state index contributed by atoms with van der Waals surface area (Å²) in [5.41, 5.74) is 3.64. The van der Waals surface area contributed by atoms with Gasteiger partial charge >= 0.3 is 0 Å². The summed E-state index contributed by atoms with van der Waals surface area (Å²) in [6, 6.07) is 13.6. The van der Waals surface area contributed by atoms with Gasteiger partial charge in [-0.15, -0.1) is 11.8 Å². The number of para-hydroxylation sites is 1. The molecule has 23 heavy (non-hydrogen) atoms. The molecule has 0 fully saturated rings. The van der Waals surface area contributed by atoms with E-state index in [4.69, 9.17) is 0 Å². The standard InChI is InChI=1S/C18H18N2O2S/c1-20(15-5-3-4-6-16(15)23-2)18(22)10-12-7-8-13-11-17(21)19-14(13)9-12/h3-9H,10-11H2,1-2H3,(H,19,21). The molecule has 3 rings (SSSR count). The van der Waals surface area contributed by atoms with Gasteiger partial charge in [0, 0.05) is 17.6 Å². The van der Waals surface area contributed by atoms with Crippen molar-refractivity contribution in [1.82, 2.24) is 0 Å². The lowest BCUT2D eigenvalue weighted by Crippen LogP contribution is -2.28. The van der Waals surface area contributed by atoms with E-state index in [2.05, 4.69) is 5.32 Å². The SMILES string of the molecule is CSc1ccccc1N(C)C(=O)Cc1ccc2c(c1)NC(=O)C2. The Hall–Kier alpha value is -2.27. The van der Waals surface area contributed by atoms with Crippen molar-refractivity contribution in [2.75, 3.05) is 23.5 Å². The van der Waals surface area contributed by atoms with Crippen LogP contribution in [0.1, 0.15) is 11.1 Å². The van der Waals surface area contributed by atoms with E-state index >= 15 is 0 Å². The maximum absolute atomic E-state index is 12.6. The molecule has 1 heterocycles. The van der Waals surface area contributed by atoms with Gasteiger partial charge < -0.3 is 10.2 Å². The molecule has 0 unspecified atom stereocenters. The van der Waals surface area contributed by atoms with Crippen LogP contribution >= 0.6 is 11.8 Å². The van der Waals surface area contributed by atoms with Gasteiger partial charge in [-0.05, 0) is 35.6 Å². The van der Waals surface area contributed by atoms with Crippen molar-refractivity contribution in [1.29, 1.82) is 0 Å². The molecule has 0 radical (unpaired) electrons. The molecule has 0 spiro atoms. The summed E-state index contributed by atoms with van der Waals surface area (Å²) in [5, 5.41) is 2.82. The van der Waals surface area contributed by atoms with E-state index in [1.165, 1.54) is 0 Å². The average Bonchev–Trinajstić information content (AvgIpc) is 2.93. The lowest BCUT2D eigenvalue weighted by atomic mass is 10.1. The highest BCUT2D eigenvalue weighted by molar-refractivity contribution is 7.98. The maximum Gasteiger partial charge on any atom is 0.231 e. The molecule has 5 heteroatoms. The molecule has 2 aromatic carbocycles. The van der Waals surface area contributed by atoms with Crippen LogP contribution in [-0.4, -0.2) is 25.1 Å². The van der Waals surface area contributed by atoms with Crippen molar-refractivity contribution >= 4 is 35.0 Å². The minimum Gasteiger partial charge on any atom is -0.326 e. The molecule has 118 valence electrons. The molecule has 0 saturated carbocycles. The second kappa shape index (κ2) is 6.46. The number of amides is 2. The first-order valence-corrected chi connectivity index (χ1v) is 8.62. The number of anilines is 2. The van der Waals surface area contributed by atoms with E-state index < -0.39 is 0 Å². The largest absolute Gasteiger partial charge is 0.326 e. The van der Waals surface area contributed by atoms with Crippen LogP contribution in [0.25, 0.3) is 0 Å². The Labute approximate surface area is 139 Å². The molecule has 1 N–H and O–H groups in total. The van der Waals surface area contributed by atoms with Crippen LogP contribution in [0.2, 0.25) is 0 Å². The molecule has 4 nitrogen and oxygen atoms in total. The second-order valence-corrected chi connectivity index (χ2v) is 6.37. The summed E-state index contributed by atoms with van der Waals surface area (Å²) in [5.74, 6) is 0.0327. The molecule has 0 aliphatic carbocycles. The summed E-state index contributed by atoms with van der Waals surface area (Å²) in [7, 11) is 1.80. The number of hydrogen-bond donors (Lipinski definition) is 1. The predicted octanol–water partition coefficient (Wildman–Crippen LogP) is 3.11. The topological polar surface area (TPSA) is 49.4 Å². The van der Waals surface area contributed by atoms with Crippen LogP contribution in [0.15, 0.2) is 47.4 Å². The number of likely N-dealkylation sites (N-methyl/N-ethyl adjacent to an activating group) is 1. The van der Waals surface area contributed by atoms with Gasteiger partial charge in [0.25, 0.3) is 0 Å². The third kappa shape index (κ3) is 3.24. The first-order chi connectivity index (χ1) is 11.1. The molecular weight excluding hydrogens is 308 g/mol. The summed E-state index contributed by atoms with van der Waals surface area (Å²) >= 11 is 1.62. The summed E-state index contributed by atoms with van der Waals surface area (Å²) in [6.07, 6.45) is 2.73. The molecular formula is C18H18N2O2S. The lowest BCUT2D eigenvalue weighted by molar-refractivity contribution is -0.117. The molecule has 0 bridgehead atoms. The van der Waals surface area contributed by atoms with Gasteiger partial charge in [0.2, 0.25) is 11.8 Å². The summed E-state index contributed by atoms with van der Waals surface area (Å²) in [4.78, 5) is 26.7. The Bertz CT molecular complexity index is 773. The van der Waals surface area contributed by atoms with Gasteiger partial charge in [-0.25, -0.2) is 0 Å². The van der Waals surface area contributed by atoms with Crippen molar-refractivity contribution < 1.29 is 9.59 Å². The minimum atomic E-state index is 0.00879. The molecule has 1 aliphatic rings. The van der Waals surface area contributed by atoms with Crippen LogP contribution in [0.4, 0.5) is 11.4 Å². The Kier molecular flexibility index (Phi) is 4.39. The number of carbonyl (C=O) groups is 2. The summed E-state index contributed by atoms with van der Waals surface area (Å²) < 4.78 is 0. The Morgan fingerprint density at radius 3 is 2.83 bits per heavy atom. The number of nitrogens with one attached hydrogen (secondary N) is 1. The minimum absolute atomic E-state index is 0.00879. The fourth-order valence-corrected chi connectivity index (χ4v) is 3.33. The smallest absolute Gasteiger partial charge is 0.231 e. The Morgan fingerprint density at radius 2 is 2.04 bits per heavy atom. The zero-order valence-electron chi connectivity index (χ0n) is 13.1. The van der Waals surface area contributed by atoms with Gasteiger partial charge in [-0.2, -0.15) is 0 Å². The van der Waals surface area contributed by atoms with E-state index in [0.29, 0.717) is 12.8 Å². The van der Waals surface area contributed by atoms with Gasteiger partial charge in [0.05, 0.1) is 18.5 Å². The third-order valence-electron chi connectivity index (χ3n) is 3.98. The van der Waals surface area contributed by atoms with E-state index in [1.807, 2.05) is 48.7 Å². The van der Waals surface area contributed by atoms with Crippen molar-refractivity contribution in [3.63, 3.8) is 0 Å². The number of benzene rings is 2. The predicted molar refractivity (Wildman–Crippen MR) is 94.1 cm³/mol. The van der Waals surface area contributed by atoms with E-state index in [9.17, 15) is 9.59 Å². The highest BCUT2D eigenvalue weighted by Crippen LogP contribution is 2.28. The third-order valence-corrected chi connectivity index (χ3v) is 4.76. The number of nitrogens with zero attached hydrogens (tertiary/aromatic N) is 1. The Balaban J connectivity index is 1.77. The Morgan fingerprint density at radius 1 is 1.26 bits per heavy atom. The highest BCUT2D eigenvalue weighted by atomic mass is 32.2. The normalized spacial score (nSPS) is 12.7. The number of hydrogen-bond acceptors (Lipinski definition) is 3. The van der Waals surface area contributed by atoms with Gasteiger partial charge in [-0.3, -0.25) is 9.59 Å². The lowest BCUT2D eigenvalue weighted by Gasteiger charge is -2.20. The zero-order valence-corrected chi connectivity index (χ0v) is 13.9. The fraction of sp³-hybridized carbons (Fsp3) is 0.222. The second-order valence-electron chi connectivity index (χ2n) is 5.52. The first-order valence-electron chi connectivity index (χ1n) is 7.39. The summed E-state index contributed by atoms with van der Waals surface area (Å²) in [6.45, 7) is 0. The maximum atomic E-state index is 12.6. The number of rotatable bonds is 4. The quantitative estimate of drug-likeness (QED) is 0.878. The average molecular weight is 326 g/mol. The first kappa shape index (κ1) is 15.6. The van der Waals surface area contributed by atoms with Crippen LogP contribution in [-0.2, 0) is 22.4 Å². The van der Waals surface area contributed by atoms with Gasteiger partial charge in [0.1, 0.15) is 0 Å². The molecule has 0 atom stereocenters. The van der Waals surface area contributed by atoms with Crippen LogP contribution in [0.3, 0.4) is 0 Å². The van der Waals surface area contributed by atoms with E-state index in [1.54, 1.807) is 23.7 Å². The van der Waals surface area contributed by atoms with Crippen LogP contribution in [0.5, 0.6) is 0 Å². The molecule has 0 saturated heterocycles. The molecule has 0 aromatic heterocycles. The van der Waals surface area contributed by atoms with Crippen molar-refractivity contribution in [3.8, 4) is 0 Å². The van der Waals surface area contributed by atoms with E-state index in [0.717, 1.165) is 27.4 Å². The van der Waals surface area contributed by atoms with Crippen molar-refractivity contribution in [2.45, 2.75) is 17.7 Å². The zero-order chi connectivity index (χ0) is 16.4. The monoisotopic (exact) mass is 326 g/mol. The van der Waals surface area contributed by atoms with Crippen molar-refractivity contribution in [3.05, 3.63) is 53.6 Å². The number of fused-ring (bicyclic) bond motifs is 1. The number of carbonyl (C=O) groups excluding carboxylic acids is 2. The van der Waals surface area contributed by atoms with Gasteiger partial charge in [-0.1, -0.05) is 24.3 Å². The molecule has 2 aromatic rings. The fourth-order valence-electron chi connectivity index (χ4n) is 2.71. The van der Waals surface area contributed by atoms with Crippen LogP contribution in [0, 0.1) is 0 Å². The van der Waals surface area contributed by atoms with Gasteiger partial charge in [0.15, 0.2) is 0 Å². The van der Waals surface area contributed by atoms with Crippen LogP contribution < -0.4 is 10.2 Å².